The number of anilines is 2. The molecule has 7 nitrogen and oxygen atoms in total. The van der Waals surface area contributed by atoms with Crippen LogP contribution in [0.2, 0.25) is 0 Å². The van der Waals surface area contributed by atoms with Gasteiger partial charge in [0.1, 0.15) is 5.69 Å². The van der Waals surface area contributed by atoms with Gasteiger partial charge in [-0.1, -0.05) is 17.3 Å². The number of hydrogen-bond donors (Lipinski definition) is 3. The number of thiol groups is 1. The lowest BCUT2D eigenvalue weighted by molar-refractivity contribution is 0.664. The minimum absolute atomic E-state index is 0.189. The number of aryl methyl sites for hydroxylation is 1. The monoisotopic (exact) mass is 369 g/mol. The molecule has 0 radical (unpaired) electrons. The number of nitrogens with two attached hydrogens (primary N) is 2. The van der Waals surface area contributed by atoms with Crippen molar-refractivity contribution in [2.75, 3.05) is 11.5 Å². The lowest BCUT2D eigenvalue weighted by Gasteiger charge is -2.06. The van der Waals surface area contributed by atoms with Crippen molar-refractivity contribution in [2.24, 2.45) is 0 Å². The molecule has 126 valence electrons. The van der Waals surface area contributed by atoms with Gasteiger partial charge in [-0.15, -0.1) is 29.1 Å². The van der Waals surface area contributed by atoms with Crippen molar-refractivity contribution in [3.05, 3.63) is 40.8 Å². The molecular weight excluding hydrogens is 354 g/mol. The van der Waals surface area contributed by atoms with Crippen molar-refractivity contribution in [1.82, 2.24) is 25.0 Å². The summed E-state index contributed by atoms with van der Waals surface area (Å²) in [7, 11) is 0. The maximum absolute atomic E-state index is 5.91. The predicted octanol–water partition coefficient (Wildman–Crippen LogP) is 2.76. The quantitative estimate of drug-likeness (QED) is 0.378. The van der Waals surface area contributed by atoms with E-state index in [-0.39, 0.29) is 5.95 Å². The summed E-state index contributed by atoms with van der Waals surface area (Å²) >= 11 is 5.88. The second kappa shape index (κ2) is 6.01. The highest BCUT2D eigenvalue weighted by Gasteiger charge is 2.16. The number of hydrogen-bond acceptors (Lipinski definition) is 8. The molecule has 1 aromatic carbocycles. The summed E-state index contributed by atoms with van der Waals surface area (Å²) in [5.41, 5.74) is 16.5. The maximum atomic E-state index is 5.91. The first-order valence-electron chi connectivity index (χ1n) is 7.51. The summed E-state index contributed by atoms with van der Waals surface area (Å²) in [5.74, 6) is 0.189. The van der Waals surface area contributed by atoms with Gasteiger partial charge in [-0.3, -0.25) is 0 Å². The van der Waals surface area contributed by atoms with Crippen LogP contribution >= 0.6 is 24.0 Å². The van der Waals surface area contributed by atoms with Gasteiger partial charge < -0.3 is 11.5 Å². The molecule has 0 atom stereocenters. The van der Waals surface area contributed by atoms with Crippen molar-refractivity contribution in [3.8, 4) is 10.6 Å². The minimum Gasteiger partial charge on any atom is -0.399 e. The Hall–Kier alpha value is -2.65. The fourth-order valence-corrected chi connectivity index (χ4v) is 3.75. The van der Waals surface area contributed by atoms with E-state index in [1.54, 1.807) is 4.68 Å². The van der Waals surface area contributed by atoms with E-state index in [9.17, 15) is 0 Å². The van der Waals surface area contributed by atoms with Gasteiger partial charge >= 0.3 is 0 Å². The molecule has 3 aromatic heterocycles. The molecule has 0 spiro atoms. The molecule has 4 N–H and O–H groups in total. The van der Waals surface area contributed by atoms with Gasteiger partial charge in [0.2, 0.25) is 5.95 Å². The summed E-state index contributed by atoms with van der Waals surface area (Å²) in [6.45, 7) is 2.50. The van der Waals surface area contributed by atoms with Crippen LogP contribution in [0.25, 0.3) is 21.7 Å². The zero-order chi connectivity index (χ0) is 17.6. The smallest absolute Gasteiger partial charge is 0.222 e. The van der Waals surface area contributed by atoms with Crippen molar-refractivity contribution in [3.63, 3.8) is 0 Å². The van der Waals surface area contributed by atoms with E-state index >= 15 is 0 Å². The molecule has 0 aliphatic rings. The largest absolute Gasteiger partial charge is 0.399 e. The third kappa shape index (κ3) is 2.92. The van der Waals surface area contributed by atoms with Crippen molar-refractivity contribution >= 4 is 46.8 Å². The molecule has 0 unspecified atom stereocenters. The summed E-state index contributed by atoms with van der Waals surface area (Å²) in [5, 5.41) is 10.4. The number of aromatic nitrogens is 5. The minimum atomic E-state index is 0.189. The van der Waals surface area contributed by atoms with Gasteiger partial charge in [0.15, 0.2) is 11.2 Å². The van der Waals surface area contributed by atoms with Crippen LogP contribution < -0.4 is 11.5 Å². The molecule has 0 fully saturated rings. The lowest BCUT2D eigenvalue weighted by atomic mass is 10.1. The van der Waals surface area contributed by atoms with Gasteiger partial charge in [-0.25, -0.2) is 9.67 Å². The Kier molecular flexibility index (Phi) is 3.81. The first-order chi connectivity index (χ1) is 12.0. The number of benzene rings is 1. The average Bonchev–Trinajstić information content (AvgIpc) is 3.17. The molecule has 4 aromatic rings. The Morgan fingerprint density at radius 2 is 2.04 bits per heavy atom. The number of thiophene rings is 1. The highest BCUT2D eigenvalue weighted by molar-refractivity contribution is 7.80. The zero-order valence-corrected chi connectivity index (χ0v) is 15.1. The van der Waals surface area contributed by atoms with Crippen molar-refractivity contribution in [2.45, 2.75) is 18.4 Å². The number of nitrogens with zero attached hydrogens (tertiary/aromatic N) is 5. The predicted molar refractivity (Wildman–Crippen MR) is 103 cm³/mol. The Labute approximate surface area is 153 Å². The molecular formula is C16H15N7S2. The molecule has 0 aliphatic heterocycles. The van der Waals surface area contributed by atoms with Gasteiger partial charge in [0.05, 0.1) is 11.4 Å². The molecule has 0 bridgehead atoms. The zero-order valence-electron chi connectivity index (χ0n) is 13.3. The van der Waals surface area contributed by atoms with Gasteiger partial charge in [-0.05, 0) is 30.2 Å². The van der Waals surface area contributed by atoms with E-state index in [1.807, 2.05) is 36.6 Å². The van der Waals surface area contributed by atoms with E-state index in [0.29, 0.717) is 23.4 Å². The Balaban J connectivity index is 1.81. The van der Waals surface area contributed by atoms with Crippen LogP contribution in [0.3, 0.4) is 0 Å². The van der Waals surface area contributed by atoms with Crippen LogP contribution in [0.4, 0.5) is 11.6 Å². The molecule has 25 heavy (non-hydrogen) atoms. The summed E-state index contributed by atoms with van der Waals surface area (Å²) in [4.78, 5) is 10.5. The number of rotatable bonds is 3. The lowest BCUT2D eigenvalue weighted by Crippen LogP contribution is -2.05. The third-order valence-corrected chi connectivity index (χ3v) is 5.24. The fraction of sp³-hybridized carbons (Fsp3) is 0.125. The van der Waals surface area contributed by atoms with E-state index in [4.69, 9.17) is 11.5 Å². The van der Waals surface area contributed by atoms with Crippen LogP contribution in [0.1, 0.15) is 11.1 Å². The highest BCUT2D eigenvalue weighted by atomic mass is 32.1. The van der Waals surface area contributed by atoms with E-state index in [2.05, 4.69) is 32.9 Å². The van der Waals surface area contributed by atoms with Gasteiger partial charge in [0.25, 0.3) is 0 Å². The van der Waals surface area contributed by atoms with E-state index in [1.165, 1.54) is 11.3 Å². The van der Waals surface area contributed by atoms with Crippen molar-refractivity contribution in [1.29, 1.82) is 0 Å². The topological polar surface area (TPSA) is 109 Å². The Morgan fingerprint density at radius 3 is 2.76 bits per heavy atom. The van der Waals surface area contributed by atoms with Gasteiger partial charge in [-0.2, -0.15) is 4.98 Å². The first kappa shape index (κ1) is 15.9. The average molecular weight is 369 g/mol. The Bertz CT molecular complexity index is 1080. The second-order valence-electron chi connectivity index (χ2n) is 5.71. The normalized spacial score (nSPS) is 11.3. The molecule has 0 aliphatic carbocycles. The summed E-state index contributed by atoms with van der Waals surface area (Å²) < 4.78 is 1.72. The van der Waals surface area contributed by atoms with Crippen LogP contribution in [0.5, 0.6) is 0 Å². The molecule has 0 saturated carbocycles. The summed E-state index contributed by atoms with van der Waals surface area (Å²) in [6, 6.07) is 7.81. The number of fused-ring (bicyclic) bond motifs is 1. The van der Waals surface area contributed by atoms with Crippen LogP contribution in [-0.4, -0.2) is 25.0 Å². The number of nitrogen functional groups attached to an aromatic ring is 2. The third-order valence-electron chi connectivity index (χ3n) is 3.87. The van der Waals surface area contributed by atoms with Crippen LogP contribution in [0, 0.1) is 6.92 Å². The standard InChI is InChI=1S/C16H15N7S2/c1-8-4-9(2-3-11(8)17)6-23-15-14(21-22-23)13(19-16(18)20-15)12-5-10(24)7-25-12/h2-5,7,24H,6,17H2,1H3,(H2,18,19,20). The van der Waals surface area contributed by atoms with E-state index in [0.717, 1.165) is 26.6 Å². The molecule has 0 amide bonds. The highest BCUT2D eigenvalue weighted by Crippen LogP contribution is 2.31. The van der Waals surface area contributed by atoms with E-state index < -0.39 is 0 Å². The molecule has 9 heteroatoms. The molecule has 0 saturated heterocycles. The molecule has 3 heterocycles. The summed E-state index contributed by atoms with van der Waals surface area (Å²) in [6.07, 6.45) is 0. The SMILES string of the molecule is Cc1cc(Cn2nnc3c(-c4cc(S)cs4)nc(N)nc32)ccc1N. The Morgan fingerprint density at radius 1 is 1.20 bits per heavy atom. The van der Waals surface area contributed by atoms with Crippen molar-refractivity contribution < 1.29 is 0 Å². The van der Waals surface area contributed by atoms with Crippen LogP contribution in [0.15, 0.2) is 34.5 Å². The van der Waals surface area contributed by atoms with Gasteiger partial charge in [0, 0.05) is 16.0 Å². The maximum Gasteiger partial charge on any atom is 0.222 e. The second-order valence-corrected chi connectivity index (χ2v) is 7.14. The van der Waals surface area contributed by atoms with Crippen LogP contribution in [-0.2, 0) is 6.54 Å². The first-order valence-corrected chi connectivity index (χ1v) is 8.83. The molecule has 4 rings (SSSR count). The fourth-order valence-electron chi connectivity index (χ4n) is 2.61.